The molecule has 0 aliphatic carbocycles. The normalized spacial score (nSPS) is 17.2. The SMILES string of the molecule is CN(C[C@@H](c1cccc(C(F)(F)F)c1)N1CC[C@H](O)C1)C(=O)COc1ccc(NS(C)(=O)=O)c2ncccc12. The van der Waals surface area contributed by atoms with Gasteiger partial charge in [-0.25, -0.2) is 8.42 Å². The Hall–Kier alpha value is -3.42. The maximum absolute atomic E-state index is 13.4. The van der Waals surface area contributed by atoms with Gasteiger partial charge in [-0.3, -0.25) is 19.4 Å². The van der Waals surface area contributed by atoms with Crippen LogP contribution < -0.4 is 9.46 Å². The number of fused-ring (bicyclic) bond motifs is 1. The number of halogens is 3. The van der Waals surface area contributed by atoms with E-state index in [4.69, 9.17) is 4.74 Å². The summed E-state index contributed by atoms with van der Waals surface area (Å²) < 4.78 is 71.7. The Morgan fingerprint density at radius 3 is 2.69 bits per heavy atom. The van der Waals surface area contributed by atoms with E-state index in [0.717, 1.165) is 18.4 Å². The van der Waals surface area contributed by atoms with Gasteiger partial charge in [-0.05, 0) is 48.4 Å². The predicted molar refractivity (Wildman–Crippen MR) is 140 cm³/mol. The number of sulfonamides is 1. The number of benzene rings is 2. The van der Waals surface area contributed by atoms with Gasteiger partial charge in [0.15, 0.2) is 6.61 Å². The third-order valence-corrected chi connectivity index (χ3v) is 7.07. The van der Waals surface area contributed by atoms with E-state index in [1.807, 2.05) is 4.90 Å². The highest BCUT2D eigenvalue weighted by molar-refractivity contribution is 7.92. The van der Waals surface area contributed by atoms with Crippen molar-refractivity contribution < 1.29 is 36.2 Å². The van der Waals surface area contributed by atoms with Crippen molar-refractivity contribution in [2.75, 3.05) is 44.3 Å². The van der Waals surface area contributed by atoms with E-state index in [9.17, 15) is 31.5 Å². The van der Waals surface area contributed by atoms with E-state index >= 15 is 0 Å². The molecule has 9 nitrogen and oxygen atoms in total. The van der Waals surface area contributed by atoms with Crippen LogP contribution in [0.2, 0.25) is 0 Å². The first kappa shape index (κ1) is 28.6. The molecule has 1 aromatic heterocycles. The van der Waals surface area contributed by atoms with Gasteiger partial charge >= 0.3 is 6.18 Å². The minimum Gasteiger partial charge on any atom is -0.483 e. The van der Waals surface area contributed by atoms with Gasteiger partial charge in [0, 0.05) is 38.3 Å². The Labute approximate surface area is 224 Å². The Kier molecular flexibility index (Phi) is 8.33. The summed E-state index contributed by atoms with van der Waals surface area (Å²) in [6.45, 7) is 0.479. The van der Waals surface area contributed by atoms with Crippen LogP contribution in [0.4, 0.5) is 18.9 Å². The molecule has 39 heavy (non-hydrogen) atoms. The number of nitrogens with one attached hydrogen (secondary N) is 1. The molecule has 13 heteroatoms. The molecule has 0 bridgehead atoms. The van der Waals surface area contributed by atoms with Crippen molar-refractivity contribution in [2.45, 2.75) is 24.7 Å². The second kappa shape index (κ2) is 11.4. The minimum atomic E-state index is -4.51. The highest BCUT2D eigenvalue weighted by Gasteiger charge is 2.34. The number of likely N-dealkylation sites (tertiary alicyclic amines) is 1. The van der Waals surface area contributed by atoms with Gasteiger partial charge in [-0.1, -0.05) is 12.1 Å². The second-order valence-electron chi connectivity index (χ2n) is 9.52. The maximum Gasteiger partial charge on any atom is 0.416 e. The number of likely N-dealkylation sites (N-methyl/N-ethyl adjacent to an activating group) is 1. The fraction of sp³-hybridized carbons (Fsp3) is 0.385. The molecule has 1 aliphatic heterocycles. The first-order valence-electron chi connectivity index (χ1n) is 12.1. The van der Waals surface area contributed by atoms with Gasteiger partial charge < -0.3 is 14.7 Å². The van der Waals surface area contributed by atoms with Gasteiger partial charge in [-0.15, -0.1) is 0 Å². The largest absolute Gasteiger partial charge is 0.483 e. The predicted octanol–water partition coefficient (Wildman–Crippen LogP) is 3.27. The summed E-state index contributed by atoms with van der Waals surface area (Å²) in [6.07, 6.45) is -2.09. The molecule has 1 saturated heterocycles. The van der Waals surface area contributed by atoms with Crippen LogP contribution in [0, 0.1) is 0 Å². The molecule has 0 radical (unpaired) electrons. The van der Waals surface area contributed by atoms with Gasteiger partial charge in [0.2, 0.25) is 10.0 Å². The number of nitrogens with zero attached hydrogens (tertiary/aromatic N) is 3. The van der Waals surface area contributed by atoms with Crippen molar-refractivity contribution in [3.63, 3.8) is 0 Å². The fourth-order valence-electron chi connectivity index (χ4n) is 4.57. The van der Waals surface area contributed by atoms with Crippen LogP contribution in [0.15, 0.2) is 54.7 Å². The van der Waals surface area contributed by atoms with Crippen molar-refractivity contribution >= 4 is 32.5 Å². The molecule has 210 valence electrons. The lowest BCUT2D eigenvalue weighted by Crippen LogP contribution is -2.40. The maximum atomic E-state index is 13.4. The molecular weight excluding hydrogens is 537 g/mol. The number of amides is 1. The monoisotopic (exact) mass is 566 g/mol. The van der Waals surface area contributed by atoms with Crippen LogP contribution in [0.25, 0.3) is 10.9 Å². The van der Waals surface area contributed by atoms with Gasteiger partial charge in [0.1, 0.15) is 5.75 Å². The first-order chi connectivity index (χ1) is 18.3. The number of carbonyl (C=O) groups is 1. The van der Waals surface area contributed by atoms with Crippen LogP contribution >= 0.6 is 0 Å². The highest BCUT2D eigenvalue weighted by atomic mass is 32.2. The number of β-amino-alcohol motifs (C(OH)–C–C–N with tert-alkyl or cyclic N) is 1. The number of aliphatic hydroxyl groups is 1. The Balaban J connectivity index is 1.50. The quantitative estimate of drug-likeness (QED) is 0.409. The molecule has 2 atom stereocenters. The number of ether oxygens (including phenoxy) is 1. The average molecular weight is 567 g/mol. The van der Waals surface area contributed by atoms with E-state index in [1.165, 1.54) is 36.3 Å². The molecule has 0 spiro atoms. The summed E-state index contributed by atoms with van der Waals surface area (Å²) in [5, 5.41) is 10.5. The number of hydrogen-bond donors (Lipinski definition) is 2. The van der Waals surface area contributed by atoms with Crippen molar-refractivity contribution in [1.82, 2.24) is 14.8 Å². The van der Waals surface area contributed by atoms with Crippen LogP contribution in [0.1, 0.15) is 23.6 Å². The van der Waals surface area contributed by atoms with Crippen molar-refractivity contribution in [2.24, 2.45) is 0 Å². The van der Waals surface area contributed by atoms with Gasteiger partial charge in [-0.2, -0.15) is 13.2 Å². The number of alkyl halides is 3. The van der Waals surface area contributed by atoms with E-state index in [-0.39, 0.29) is 25.4 Å². The number of aliphatic hydroxyl groups excluding tert-OH is 1. The number of carbonyl (C=O) groups excluding carboxylic acids is 1. The lowest BCUT2D eigenvalue weighted by Gasteiger charge is -2.32. The minimum absolute atomic E-state index is 0.0791. The van der Waals surface area contributed by atoms with E-state index < -0.39 is 39.8 Å². The molecule has 2 N–H and O–H groups in total. The zero-order valence-corrected chi connectivity index (χ0v) is 22.2. The zero-order valence-electron chi connectivity index (χ0n) is 21.4. The number of rotatable bonds is 9. The summed E-state index contributed by atoms with van der Waals surface area (Å²) in [4.78, 5) is 20.5. The number of anilines is 1. The van der Waals surface area contributed by atoms with Gasteiger partial charge in [0.05, 0.1) is 35.2 Å². The Morgan fingerprint density at radius 2 is 2.03 bits per heavy atom. The summed E-state index contributed by atoms with van der Waals surface area (Å²) >= 11 is 0. The topological polar surface area (TPSA) is 112 Å². The Bertz CT molecular complexity index is 1450. The summed E-state index contributed by atoms with van der Waals surface area (Å²) in [5.41, 5.74) is 0.223. The smallest absolute Gasteiger partial charge is 0.416 e. The summed E-state index contributed by atoms with van der Waals surface area (Å²) in [6, 6.07) is 10.8. The van der Waals surface area contributed by atoms with Crippen LogP contribution in [-0.4, -0.2) is 79.9 Å². The number of hydrogen-bond acceptors (Lipinski definition) is 7. The average Bonchev–Trinajstić information content (AvgIpc) is 3.31. The lowest BCUT2D eigenvalue weighted by atomic mass is 10.0. The van der Waals surface area contributed by atoms with E-state index in [0.29, 0.717) is 35.2 Å². The van der Waals surface area contributed by atoms with Gasteiger partial charge in [0.25, 0.3) is 5.91 Å². The van der Waals surface area contributed by atoms with Crippen LogP contribution in [0.5, 0.6) is 5.75 Å². The third-order valence-electron chi connectivity index (χ3n) is 6.48. The Morgan fingerprint density at radius 1 is 1.26 bits per heavy atom. The van der Waals surface area contributed by atoms with E-state index in [2.05, 4.69) is 9.71 Å². The molecule has 2 heterocycles. The van der Waals surface area contributed by atoms with Crippen LogP contribution in [0.3, 0.4) is 0 Å². The molecule has 1 fully saturated rings. The number of aromatic nitrogens is 1. The highest BCUT2D eigenvalue weighted by Crippen LogP contribution is 2.34. The van der Waals surface area contributed by atoms with Crippen molar-refractivity contribution in [1.29, 1.82) is 0 Å². The van der Waals surface area contributed by atoms with E-state index in [1.54, 1.807) is 18.2 Å². The summed E-state index contributed by atoms with van der Waals surface area (Å²) in [7, 11) is -2.01. The molecule has 0 saturated carbocycles. The number of pyridine rings is 1. The molecule has 3 aromatic rings. The molecular formula is C26H29F3N4O5S. The first-order valence-corrected chi connectivity index (χ1v) is 14.0. The standard InChI is InChI=1S/C26H29F3N4O5S/c1-32(15-22(33-12-10-19(34)14-33)17-5-3-6-18(13-17)26(27,28)29)24(35)16-38-23-9-8-21(31-39(2,36)37)25-20(23)7-4-11-30-25/h3-9,11,13,19,22,31,34H,10,12,14-16H2,1-2H3/t19-,22-/m0/s1. The van der Waals surface area contributed by atoms with Crippen LogP contribution in [-0.2, 0) is 21.0 Å². The summed E-state index contributed by atoms with van der Waals surface area (Å²) in [5.74, 6) is -0.0990. The lowest BCUT2D eigenvalue weighted by molar-refractivity contribution is -0.138. The molecule has 0 unspecified atom stereocenters. The zero-order chi connectivity index (χ0) is 28.4. The second-order valence-corrected chi connectivity index (χ2v) is 11.3. The van der Waals surface area contributed by atoms with Crippen molar-refractivity contribution in [3.05, 3.63) is 65.9 Å². The van der Waals surface area contributed by atoms with Crippen molar-refractivity contribution in [3.8, 4) is 5.75 Å². The molecule has 1 amide bonds. The molecule has 4 rings (SSSR count). The molecule has 1 aliphatic rings. The third kappa shape index (κ3) is 7.16. The fourth-order valence-corrected chi connectivity index (χ4v) is 5.13. The molecule has 2 aromatic carbocycles.